The molecule has 2 rings (SSSR count). The highest BCUT2D eigenvalue weighted by molar-refractivity contribution is 5.77. The number of methoxy groups -OCH3 is 1. The zero-order chi connectivity index (χ0) is 14.4. The number of esters is 1. The van der Waals surface area contributed by atoms with Crippen LogP contribution < -0.4 is 5.43 Å². The van der Waals surface area contributed by atoms with E-state index in [0.29, 0.717) is 13.0 Å². The van der Waals surface area contributed by atoms with Crippen LogP contribution in [0.3, 0.4) is 0 Å². The molecule has 1 aliphatic heterocycles. The topological polar surface area (TPSA) is 67.9 Å². The largest absolute Gasteiger partial charge is 0.460 e. The summed E-state index contributed by atoms with van der Waals surface area (Å²) in [6.45, 7) is 0.850. The van der Waals surface area contributed by atoms with Crippen LogP contribution in [0.4, 0.5) is 4.79 Å². The van der Waals surface area contributed by atoms with E-state index in [0.717, 1.165) is 12.0 Å². The van der Waals surface area contributed by atoms with Gasteiger partial charge in [-0.15, -0.1) is 0 Å². The molecule has 1 aromatic rings. The van der Waals surface area contributed by atoms with Crippen molar-refractivity contribution >= 4 is 12.1 Å². The number of carbonyl (C=O) groups excluding carboxylic acids is 2. The van der Waals surface area contributed by atoms with Crippen molar-refractivity contribution in [2.45, 2.75) is 25.5 Å². The van der Waals surface area contributed by atoms with Gasteiger partial charge in [-0.1, -0.05) is 30.3 Å². The molecule has 0 radical (unpaired) electrons. The summed E-state index contributed by atoms with van der Waals surface area (Å²) in [6, 6.07) is 9.04. The molecule has 6 nitrogen and oxygen atoms in total. The second kappa shape index (κ2) is 6.91. The maximum Gasteiger partial charge on any atom is 0.421 e. The van der Waals surface area contributed by atoms with Crippen molar-refractivity contribution in [3.8, 4) is 0 Å². The van der Waals surface area contributed by atoms with Crippen LogP contribution in [-0.4, -0.2) is 36.8 Å². The Bertz CT molecular complexity index is 464. The van der Waals surface area contributed by atoms with Gasteiger partial charge in [-0.05, 0) is 18.4 Å². The third-order valence-corrected chi connectivity index (χ3v) is 3.17. The van der Waals surface area contributed by atoms with Crippen LogP contribution in [0, 0.1) is 0 Å². The number of carbonyl (C=O) groups is 2. The van der Waals surface area contributed by atoms with E-state index in [9.17, 15) is 9.59 Å². The second-order valence-corrected chi connectivity index (χ2v) is 4.55. The van der Waals surface area contributed by atoms with Crippen LogP contribution in [-0.2, 0) is 20.9 Å². The van der Waals surface area contributed by atoms with Gasteiger partial charge in [0.1, 0.15) is 12.6 Å². The van der Waals surface area contributed by atoms with Gasteiger partial charge in [-0.2, -0.15) is 0 Å². The summed E-state index contributed by atoms with van der Waals surface area (Å²) in [7, 11) is 1.29. The maximum atomic E-state index is 12.0. The fourth-order valence-corrected chi connectivity index (χ4v) is 2.13. The van der Waals surface area contributed by atoms with Crippen LogP contribution in [0.25, 0.3) is 0 Å². The zero-order valence-corrected chi connectivity index (χ0v) is 11.4. The first kappa shape index (κ1) is 14.3. The standard InChI is InChI=1S/C14H18N2O4/c1-19-14(18)15-16-9-5-8-12(16)13(17)20-10-11-6-3-2-4-7-11/h2-4,6-7,12H,5,8-10H2,1H3,(H,15,18). The molecule has 1 N–H and O–H groups in total. The van der Waals surface area contributed by atoms with E-state index in [-0.39, 0.29) is 12.6 Å². The summed E-state index contributed by atoms with van der Waals surface area (Å²) in [4.78, 5) is 23.2. The highest BCUT2D eigenvalue weighted by Crippen LogP contribution is 2.17. The Labute approximate surface area is 117 Å². The van der Waals surface area contributed by atoms with Gasteiger partial charge in [0.05, 0.1) is 7.11 Å². The van der Waals surface area contributed by atoms with Gasteiger partial charge < -0.3 is 9.47 Å². The predicted molar refractivity (Wildman–Crippen MR) is 71.5 cm³/mol. The van der Waals surface area contributed by atoms with Gasteiger partial charge in [0.15, 0.2) is 0 Å². The number of hydrogen-bond acceptors (Lipinski definition) is 5. The summed E-state index contributed by atoms with van der Waals surface area (Å²) < 4.78 is 9.81. The van der Waals surface area contributed by atoms with Gasteiger partial charge in [-0.25, -0.2) is 9.80 Å². The molecule has 1 fully saturated rings. The van der Waals surface area contributed by atoms with Gasteiger partial charge >= 0.3 is 12.1 Å². The van der Waals surface area contributed by atoms with Gasteiger partial charge in [0.25, 0.3) is 0 Å². The number of nitrogens with zero attached hydrogens (tertiary/aromatic N) is 1. The van der Waals surface area contributed by atoms with Gasteiger partial charge in [-0.3, -0.25) is 10.2 Å². The monoisotopic (exact) mass is 278 g/mol. The van der Waals surface area contributed by atoms with Gasteiger partial charge in [0.2, 0.25) is 0 Å². The van der Waals surface area contributed by atoms with E-state index in [1.54, 1.807) is 5.01 Å². The smallest absolute Gasteiger partial charge is 0.421 e. The third-order valence-electron chi connectivity index (χ3n) is 3.17. The number of hydrogen-bond donors (Lipinski definition) is 1. The molecule has 0 aliphatic carbocycles. The lowest BCUT2D eigenvalue weighted by molar-refractivity contribution is -0.151. The molecule has 1 aliphatic rings. The summed E-state index contributed by atoms with van der Waals surface area (Å²) in [6.07, 6.45) is 0.917. The lowest BCUT2D eigenvalue weighted by Gasteiger charge is -2.22. The van der Waals surface area contributed by atoms with Crippen molar-refractivity contribution in [3.63, 3.8) is 0 Å². The molecule has 1 aromatic carbocycles. The fourth-order valence-electron chi connectivity index (χ4n) is 2.13. The molecular formula is C14H18N2O4. The minimum Gasteiger partial charge on any atom is -0.460 e. The molecule has 108 valence electrons. The molecule has 1 saturated heterocycles. The van der Waals surface area contributed by atoms with E-state index in [1.807, 2.05) is 30.3 Å². The molecule has 1 amide bonds. The van der Waals surface area contributed by atoms with Crippen LogP contribution >= 0.6 is 0 Å². The predicted octanol–water partition coefficient (Wildman–Crippen LogP) is 1.47. The van der Waals surface area contributed by atoms with E-state index in [1.165, 1.54) is 7.11 Å². The van der Waals surface area contributed by atoms with E-state index in [4.69, 9.17) is 4.74 Å². The number of nitrogens with one attached hydrogen (secondary N) is 1. The van der Waals surface area contributed by atoms with Crippen molar-refractivity contribution in [2.24, 2.45) is 0 Å². The first-order valence-corrected chi connectivity index (χ1v) is 6.52. The highest BCUT2D eigenvalue weighted by atomic mass is 16.5. The number of rotatable bonds is 4. The normalized spacial score (nSPS) is 18.6. The summed E-state index contributed by atoms with van der Waals surface area (Å²) in [5.41, 5.74) is 3.47. The van der Waals surface area contributed by atoms with Crippen LogP contribution in [0.1, 0.15) is 18.4 Å². The molecule has 0 aromatic heterocycles. The third kappa shape index (κ3) is 3.71. The van der Waals surface area contributed by atoms with E-state index >= 15 is 0 Å². The Morgan fingerprint density at radius 2 is 2.10 bits per heavy atom. The lowest BCUT2D eigenvalue weighted by atomic mass is 10.2. The molecule has 0 bridgehead atoms. The Morgan fingerprint density at radius 1 is 1.35 bits per heavy atom. The molecule has 0 saturated carbocycles. The Kier molecular flexibility index (Phi) is 4.95. The quantitative estimate of drug-likeness (QED) is 0.845. The average Bonchev–Trinajstić information content (AvgIpc) is 2.94. The van der Waals surface area contributed by atoms with Crippen molar-refractivity contribution in [2.75, 3.05) is 13.7 Å². The first-order valence-electron chi connectivity index (χ1n) is 6.52. The first-order chi connectivity index (χ1) is 9.70. The molecule has 1 unspecified atom stereocenters. The molecule has 1 atom stereocenters. The number of hydrazine groups is 1. The SMILES string of the molecule is COC(=O)NN1CCCC1C(=O)OCc1ccccc1. The molecular weight excluding hydrogens is 260 g/mol. The van der Waals surface area contributed by atoms with Crippen molar-refractivity contribution in [1.29, 1.82) is 0 Å². The highest BCUT2D eigenvalue weighted by Gasteiger charge is 2.33. The number of amides is 1. The van der Waals surface area contributed by atoms with E-state index in [2.05, 4.69) is 10.2 Å². The average molecular weight is 278 g/mol. The maximum absolute atomic E-state index is 12.0. The van der Waals surface area contributed by atoms with Crippen molar-refractivity contribution in [3.05, 3.63) is 35.9 Å². The number of benzene rings is 1. The molecule has 0 spiro atoms. The summed E-state index contributed by atoms with van der Waals surface area (Å²) in [5, 5.41) is 1.57. The Hall–Kier alpha value is -2.08. The van der Waals surface area contributed by atoms with E-state index < -0.39 is 12.1 Å². The lowest BCUT2D eigenvalue weighted by Crippen LogP contribution is -2.48. The van der Waals surface area contributed by atoms with Crippen LogP contribution in [0.15, 0.2) is 30.3 Å². The van der Waals surface area contributed by atoms with Crippen LogP contribution in [0.2, 0.25) is 0 Å². The molecule has 6 heteroatoms. The number of ether oxygens (including phenoxy) is 2. The minimum absolute atomic E-state index is 0.238. The van der Waals surface area contributed by atoms with Gasteiger partial charge in [0, 0.05) is 6.54 Å². The Morgan fingerprint density at radius 3 is 2.80 bits per heavy atom. The molecule has 1 heterocycles. The van der Waals surface area contributed by atoms with Crippen molar-refractivity contribution < 1.29 is 19.1 Å². The second-order valence-electron chi connectivity index (χ2n) is 4.55. The summed E-state index contributed by atoms with van der Waals surface area (Å²) >= 11 is 0. The fraction of sp³-hybridized carbons (Fsp3) is 0.429. The van der Waals surface area contributed by atoms with Crippen LogP contribution in [0.5, 0.6) is 0 Å². The Balaban J connectivity index is 1.86. The summed E-state index contributed by atoms with van der Waals surface area (Å²) in [5.74, 6) is -0.331. The molecule has 20 heavy (non-hydrogen) atoms. The van der Waals surface area contributed by atoms with Crippen molar-refractivity contribution in [1.82, 2.24) is 10.4 Å². The zero-order valence-electron chi connectivity index (χ0n) is 11.4. The minimum atomic E-state index is -0.576.